The molecule has 4 rings (SSSR count). The number of nitrogens with zero attached hydrogens (tertiary/aromatic N) is 1. The second-order valence-corrected chi connectivity index (χ2v) is 9.27. The standard InChI is InChI=1S/C27H34N2O3/c1-20(2)32-18-10-17-28-25(30)24-22-13-6-7-14-23(22)26(31)29(27(24)15-8-9-16-27)19-21-11-4-3-5-12-21/h3-7,11-14,20,24H,8-10,15-19H2,1-2H3,(H,28,30). The Labute approximate surface area is 191 Å². The summed E-state index contributed by atoms with van der Waals surface area (Å²) in [6, 6.07) is 17.8. The van der Waals surface area contributed by atoms with E-state index in [0.29, 0.717) is 25.3 Å². The van der Waals surface area contributed by atoms with E-state index < -0.39 is 5.54 Å². The lowest BCUT2D eigenvalue weighted by Crippen LogP contribution is -2.60. The molecule has 170 valence electrons. The summed E-state index contributed by atoms with van der Waals surface area (Å²) in [4.78, 5) is 29.3. The second-order valence-electron chi connectivity index (χ2n) is 9.27. The first kappa shape index (κ1) is 22.5. The molecular weight excluding hydrogens is 400 g/mol. The number of rotatable bonds is 8. The van der Waals surface area contributed by atoms with Crippen molar-refractivity contribution in [2.24, 2.45) is 0 Å². The minimum Gasteiger partial charge on any atom is -0.379 e. The Morgan fingerprint density at radius 2 is 1.78 bits per heavy atom. The fourth-order valence-electron chi connectivity index (χ4n) is 5.37. The van der Waals surface area contributed by atoms with E-state index in [1.165, 1.54) is 0 Å². The largest absolute Gasteiger partial charge is 0.379 e. The zero-order valence-electron chi connectivity index (χ0n) is 19.2. The first-order chi connectivity index (χ1) is 15.5. The molecule has 2 aliphatic rings. The average molecular weight is 435 g/mol. The normalized spacial score (nSPS) is 19.4. The molecule has 1 heterocycles. The number of ether oxygens (including phenoxy) is 1. The third-order valence-electron chi connectivity index (χ3n) is 6.81. The topological polar surface area (TPSA) is 58.6 Å². The van der Waals surface area contributed by atoms with Gasteiger partial charge in [-0.15, -0.1) is 0 Å². The molecule has 5 nitrogen and oxygen atoms in total. The van der Waals surface area contributed by atoms with Crippen LogP contribution >= 0.6 is 0 Å². The number of carbonyl (C=O) groups is 2. The van der Waals surface area contributed by atoms with Gasteiger partial charge >= 0.3 is 0 Å². The van der Waals surface area contributed by atoms with Gasteiger partial charge < -0.3 is 15.0 Å². The molecule has 1 aliphatic heterocycles. The maximum absolute atomic E-state index is 13.7. The van der Waals surface area contributed by atoms with Crippen molar-refractivity contribution in [3.8, 4) is 0 Å². The maximum Gasteiger partial charge on any atom is 0.254 e. The van der Waals surface area contributed by atoms with Crippen LogP contribution in [0.5, 0.6) is 0 Å². The summed E-state index contributed by atoms with van der Waals surface area (Å²) in [6.07, 6.45) is 4.75. The number of amides is 2. The predicted molar refractivity (Wildman–Crippen MR) is 125 cm³/mol. The molecule has 1 N–H and O–H groups in total. The molecule has 1 fully saturated rings. The molecule has 2 amide bonds. The Hall–Kier alpha value is -2.66. The van der Waals surface area contributed by atoms with E-state index >= 15 is 0 Å². The number of hydrogen-bond donors (Lipinski definition) is 1. The van der Waals surface area contributed by atoms with E-state index in [2.05, 4.69) is 17.4 Å². The van der Waals surface area contributed by atoms with Crippen molar-refractivity contribution >= 4 is 11.8 Å². The molecule has 0 saturated heterocycles. The van der Waals surface area contributed by atoms with Gasteiger partial charge in [0.25, 0.3) is 5.91 Å². The molecule has 2 aromatic rings. The van der Waals surface area contributed by atoms with Crippen molar-refractivity contribution in [2.45, 2.75) is 70.1 Å². The third-order valence-corrected chi connectivity index (χ3v) is 6.81. The maximum atomic E-state index is 13.7. The van der Waals surface area contributed by atoms with Crippen LogP contribution in [-0.2, 0) is 16.1 Å². The van der Waals surface area contributed by atoms with Crippen molar-refractivity contribution in [3.05, 3.63) is 71.3 Å². The van der Waals surface area contributed by atoms with Crippen LogP contribution in [0.15, 0.2) is 54.6 Å². The fraction of sp³-hybridized carbons (Fsp3) is 0.481. The fourth-order valence-corrected chi connectivity index (χ4v) is 5.37. The number of benzene rings is 2. The Balaban J connectivity index is 1.64. The molecule has 1 saturated carbocycles. The average Bonchev–Trinajstić information content (AvgIpc) is 3.27. The van der Waals surface area contributed by atoms with Gasteiger partial charge in [0.1, 0.15) is 0 Å². The summed E-state index contributed by atoms with van der Waals surface area (Å²) in [5.41, 5.74) is 2.15. The Kier molecular flexibility index (Phi) is 6.95. The van der Waals surface area contributed by atoms with Crippen LogP contribution in [0.3, 0.4) is 0 Å². The minimum atomic E-state index is -0.472. The Bertz CT molecular complexity index is 935. The Morgan fingerprint density at radius 3 is 2.50 bits per heavy atom. The van der Waals surface area contributed by atoms with Crippen LogP contribution < -0.4 is 5.32 Å². The van der Waals surface area contributed by atoms with Crippen LogP contribution in [0.2, 0.25) is 0 Å². The number of fused-ring (bicyclic) bond motifs is 1. The highest BCUT2D eigenvalue weighted by atomic mass is 16.5. The lowest BCUT2D eigenvalue weighted by molar-refractivity contribution is -0.126. The van der Waals surface area contributed by atoms with E-state index in [4.69, 9.17) is 4.74 Å². The smallest absolute Gasteiger partial charge is 0.254 e. The summed E-state index contributed by atoms with van der Waals surface area (Å²) in [5.74, 6) is -0.288. The van der Waals surface area contributed by atoms with Crippen LogP contribution in [0.1, 0.15) is 73.4 Å². The Morgan fingerprint density at radius 1 is 1.09 bits per heavy atom. The first-order valence-electron chi connectivity index (χ1n) is 11.9. The van der Waals surface area contributed by atoms with Gasteiger partial charge in [0, 0.05) is 25.3 Å². The number of hydrogen-bond acceptors (Lipinski definition) is 3. The molecule has 1 spiro atoms. The van der Waals surface area contributed by atoms with Gasteiger partial charge in [-0.2, -0.15) is 0 Å². The third kappa shape index (κ3) is 4.44. The highest BCUT2D eigenvalue weighted by molar-refractivity contribution is 6.02. The zero-order chi connectivity index (χ0) is 22.6. The van der Waals surface area contributed by atoms with E-state index in [0.717, 1.165) is 43.2 Å². The minimum absolute atomic E-state index is 0.0226. The molecule has 2 aromatic carbocycles. The molecule has 1 atom stereocenters. The van der Waals surface area contributed by atoms with Gasteiger partial charge in [-0.1, -0.05) is 61.4 Å². The quantitative estimate of drug-likeness (QED) is 0.614. The molecule has 32 heavy (non-hydrogen) atoms. The van der Waals surface area contributed by atoms with Crippen molar-refractivity contribution in [1.29, 1.82) is 0 Å². The van der Waals surface area contributed by atoms with Gasteiger partial charge in [0.2, 0.25) is 5.91 Å². The van der Waals surface area contributed by atoms with E-state index in [-0.39, 0.29) is 23.8 Å². The van der Waals surface area contributed by atoms with Crippen molar-refractivity contribution in [1.82, 2.24) is 10.2 Å². The second kappa shape index (κ2) is 9.86. The first-order valence-corrected chi connectivity index (χ1v) is 11.9. The SMILES string of the molecule is CC(C)OCCCNC(=O)C1c2ccccc2C(=O)N(Cc2ccccc2)C12CCCC2. The van der Waals surface area contributed by atoms with Gasteiger partial charge in [-0.05, 0) is 50.3 Å². The predicted octanol–water partition coefficient (Wildman–Crippen LogP) is 4.67. The van der Waals surface area contributed by atoms with Crippen molar-refractivity contribution in [3.63, 3.8) is 0 Å². The lowest BCUT2D eigenvalue weighted by atomic mass is 9.71. The van der Waals surface area contributed by atoms with Gasteiger partial charge in [-0.25, -0.2) is 0 Å². The molecule has 1 unspecified atom stereocenters. The summed E-state index contributed by atoms with van der Waals surface area (Å²) in [7, 11) is 0. The molecule has 1 aliphatic carbocycles. The summed E-state index contributed by atoms with van der Waals surface area (Å²) < 4.78 is 5.61. The summed E-state index contributed by atoms with van der Waals surface area (Å²) >= 11 is 0. The van der Waals surface area contributed by atoms with Crippen LogP contribution in [-0.4, -0.2) is 41.5 Å². The number of nitrogens with one attached hydrogen (secondary N) is 1. The van der Waals surface area contributed by atoms with E-state index in [1.54, 1.807) is 0 Å². The van der Waals surface area contributed by atoms with Crippen LogP contribution in [0, 0.1) is 0 Å². The zero-order valence-corrected chi connectivity index (χ0v) is 19.2. The van der Waals surface area contributed by atoms with Crippen LogP contribution in [0.4, 0.5) is 0 Å². The molecule has 5 heteroatoms. The summed E-state index contributed by atoms with van der Waals surface area (Å²) in [6.45, 7) is 5.76. The van der Waals surface area contributed by atoms with Crippen molar-refractivity contribution < 1.29 is 14.3 Å². The van der Waals surface area contributed by atoms with Gasteiger partial charge in [0.05, 0.1) is 17.6 Å². The monoisotopic (exact) mass is 434 g/mol. The van der Waals surface area contributed by atoms with E-state index in [1.807, 2.05) is 61.2 Å². The molecule has 0 radical (unpaired) electrons. The van der Waals surface area contributed by atoms with Crippen molar-refractivity contribution in [2.75, 3.05) is 13.2 Å². The lowest BCUT2D eigenvalue weighted by Gasteiger charge is -2.50. The van der Waals surface area contributed by atoms with Gasteiger partial charge in [-0.3, -0.25) is 9.59 Å². The highest BCUT2D eigenvalue weighted by Gasteiger charge is 2.55. The van der Waals surface area contributed by atoms with E-state index in [9.17, 15) is 9.59 Å². The summed E-state index contributed by atoms with van der Waals surface area (Å²) in [5, 5.41) is 3.16. The highest BCUT2D eigenvalue weighted by Crippen LogP contribution is 2.50. The number of carbonyl (C=O) groups excluding carboxylic acids is 2. The molecule has 0 bridgehead atoms. The van der Waals surface area contributed by atoms with Crippen LogP contribution in [0.25, 0.3) is 0 Å². The molecular formula is C27H34N2O3. The van der Waals surface area contributed by atoms with Gasteiger partial charge in [0.15, 0.2) is 0 Å². The molecule has 0 aromatic heterocycles.